The molecule has 1 heterocycles. The van der Waals surface area contributed by atoms with Crippen molar-refractivity contribution in [3.05, 3.63) is 39.9 Å². The van der Waals surface area contributed by atoms with E-state index in [1.165, 1.54) is 6.07 Å². The van der Waals surface area contributed by atoms with Crippen LogP contribution in [-0.2, 0) is 0 Å². The summed E-state index contributed by atoms with van der Waals surface area (Å²) < 4.78 is 0. The third kappa shape index (κ3) is 3.58. The lowest BCUT2D eigenvalue weighted by molar-refractivity contribution is -0.385. The fourth-order valence-corrected chi connectivity index (χ4v) is 2.99. The fraction of sp³-hybridized carbons (Fsp3) is 0.600. The number of aliphatic hydroxyl groups excluding tert-OH is 1. The quantitative estimate of drug-likeness (QED) is 0.636. The zero-order valence-corrected chi connectivity index (χ0v) is 12.6. The van der Waals surface area contributed by atoms with Gasteiger partial charge in [0.2, 0.25) is 0 Å². The summed E-state index contributed by atoms with van der Waals surface area (Å²) in [5, 5.41) is 24.1. The molecule has 1 aromatic rings. The van der Waals surface area contributed by atoms with Crippen molar-refractivity contribution in [3.63, 3.8) is 0 Å². The number of nitro benzene ring substituents is 1. The number of benzene rings is 1. The highest BCUT2D eigenvalue weighted by molar-refractivity contribution is 5.36. The highest BCUT2D eigenvalue weighted by Gasteiger charge is 2.36. The largest absolute Gasteiger partial charge is 0.396 e. The van der Waals surface area contributed by atoms with E-state index in [0.29, 0.717) is 0 Å². The maximum absolute atomic E-state index is 11.0. The molecule has 0 unspecified atom stereocenters. The van der Waals surface area contributed by atoms with E-state index in [0.717, 1.165) is 31.7 Å². The minimum absolute atomic E-state index is 0.0320. The summed E-state index contributed by atoms with van der Waals surface area (Å²) in [6, 6.07) is 6.73. The molecule has 0 radical (unpaired) electrons. The standard InChI is InChI=1S/C15H23N3O3/c1-15(2,11-19)14(17-8-6-16-7-9-17)12-4-3-5-13(10-12)18(20)21/h3-5,10,14,16,19H,6-9,11H2,1-2H3/t14-/m1/s1. The lowest BCUT2D eigenvalue weighted by Crippen LogP contribution is -2.49. The highest BCUT2D eigenvalue weighted by Crippen LogP contribution is 2.39. The normalized spacial score (nSPS) is 18.4. The third-order valence-electron chi connectivity index (χ3n) is 4.06. The Morgan fingerprint density at radius 3 is 2.67 bits per heavy atom. The number of aliphatic hydroxyl groups is 1. The van der Waals surface area contributed by atoms with Crippen LogP contribution in [0.1, 0.15) is 25.5 Å². The Bertz CT molecular complexity index is 499. The third-order valence-corrected chi connectivity index (χ3v) is 4.06. The summed E-state index contributed by atoms with van der Waals surface area (Å²) in [5.41, 5.74) is 0.624. The molecule has 2 N–H and O–H groups in total. The minimum Gasteiger partial charge on any atom is -0.396 e. The van der Waals surface area contributed by atoms with E-state index < -0.39 is 0 Å². The van der Waals surface area contributed by atoms with Gasteiger partial charge in [0.05, 0.1) is 4.92 Å². The van der Waals surface area contributed by atoms with Crippen LogP contribution in [0, 0.1) is 15.5 Å². The molecular weight excluding hydrogens is 270 g/mol. The van der Waals surface area contributed by atoms with Gasteiger partial charge in [-0.3, -0.25) is 15.0 Å². The maximum atomic E-state index is 11.0. The molecule has 0 bridgehead atoms. The van der Waals surface area contributed by atoms with Crippen LogP contribution in [0.15, 0.2) is 24.3 Å². The second kappa shape index (κ2) is 6.51. The number of nitro groups is 1. The van der Waals surface area contributed by atoms with E-state index in [-0.39, 0.29) is 28.7 Å². The van der Waals surface area contributed by atoms with Crippen LogP contribution >= 0.6 is 0 Å². The first kappa shape index (κ1) is 15.9. The van der Waals surface area contributed by atoms with Gasteiger partial charge in [0.25, 0.3) is 5.69 Å². The molecule has 0 aromatic heterocycles. The van der Waals surface area contributed by atoms with Crippen molar-refractivity contribution >= 4 is 5.69 Å². The molecule has 6 heteroatoms. The Morgan fingerprint density at radius 2 is 2.10 bits per heavy atom. The van der Waals surface area contributed by atoms with E-state index in [9.17, 15) is 15.2 Å². The smallest absolute Gasteiger partial charge is 0.269 e. The molecular formula is C15H23N3O3. The summed E-state index contributed by atoms with van der Waals surface area (Å²) in [7, 11) is 0. The molecule has 116 valence electrons. The van der Waals surface area contributed by atoms with E-state index in [4.69, 9.17) is 0 Å². The molecule has 0 aliphatic carbocycles. The average molecular weight is 293 g/mol. The summed E-state index contributed by atoms with van der Waals surface area (Å²) in [5.74, 6) is 0. The molecule has 1 aliphatic rings. The highest BCUT2D eigenvalue weighted by atomic mass is 16.6. The topological polar surface area (TPSA) is 78.6 Å². The minimum atomic E-state index is -0.371. The molecule has 1 aliphatic heterocycles. The first-order chi connectivity index (χ1) is 9.95. The lowest BCUT2D eigenvalue weighted by atomic mass is 9.79. The zero-order valence-electron chi connectivity index (χ0n) is 12.6. The Morgan fingerprint density at radius 1 is 1.43 bits per heavy atom. The average Bonchev–Trinajstić information content (AvgIpc) is 2.48. The Balaban J connectivity index is 2.39. The van der Waals surface area contributed by atoms with Gasteiger partial charge < -0.3 is 10.4 Å². The van der Waals surface area contributed by atoms with Crippen LogP contribution in [0.25, 0.3) is 0 Å². The summed E-state index contributed by atoms with van der Waals surface area (Å²) in [6.45, 7) is 7.56. The van der Waals surface area contributed by atoms with Gasteiger partial charge in [-0.2, -0.15) is 0 Å². The van der Waals surface area contributed by atoms with E-state index >= 15 is 0 Å². The maximum Gasteiger partial charge on any atom is 0.269 e. The van der Waals surface area contributed by atoms with Gasteiger partial charge in [-0.05, 0) is 5.56 Å². The monoisotopic (exact) mass is 293 g/mol. The molecule has 0 amide bonds. The van der Waals surface area contributed by atoms with Gasteiger partial charge in [0.1, 0.15) is 0 Å². The predicted molar refractivity (Wildman–Crippen MR) is 81.1 cm³/mol. The van der Waals surface area contributed by atoms with Gasteiger partial charge in [-0.1, -0.05) is 26.0 Å². The number of rotatable bonds is 5. The van der Waals surface area contributed by atoms with Crippen molar-refractivity contribution in [2.75, 3.05) is 32.8 Å². The first-order valence-corrected chi connectivity index (χ1v) is 7.26. The molecule has 0 saturated carbocycles. The summed E-state index contributed by atoms with van der Waals surface area (Å²) in [4.78, 5) is 12.9. The van der Waals surface area contributed by atoms with Crippen LogP contribution in [0.3, 0.4) is 0 Å². The van der Waals surface area contributed by atoms with E-state index in [1.807, 2.05) is 19.9 Å². The van der Waals surface area contributed by atoms with Crippen molar-refractivity contribution in [2.24, 2.45) is 5.41 Å². The van der Waals surface area contributed by atoms with Gasteiger partial charge in [-0.15, -0.1) is 0 Å². The summed E-state index contributed by atoms with van der Waals surface area (Å²) >= 11 is 0. The second-order valence-electron chi connectivity index (χ2n) is 6.19. The van der Waals surface area contributed by atoms with Crippen molar-refractivity contribution in [1.29, 1.82) is 0 Å². The fourth-order valence-electron chi connectivity index (χ4n) is 2.99. The van der Waals surface area contributed by atoms with Crippen molar-refractivity contribution in [1.82, 2.24) is 10.2 Å². The number of non-ortho nitro benzene ring substituents is 1. The van der Waals surface area contributed by atoms with Gasteiger partial charge in [-0.25, -0.2) is 0 Å². The van der Waals surface area contributed by atoms with Crippen LogP contribution in [0.5, 0.6) is 0 Å². The van der Waals surface area contributed by atoms with Gasteiger partial charge >= 0.3 is 0 Å². The molecule has 1 saturated heterocycles. The number of nitrogens with zero attached hydrogens (tertiary/aromatic N) is 2. The lowest BCUT2D eigenvalue weighted by Gasteiger charge is -2.43. The second-order valence-corrected chi connectivity index (χ2v) is 6.19. The molecule has 0 spiro atoms. The van der Waals surface area contributed by atoms with Crippen molar-refractivity contribution in [2.45, 2.75) is 19.9 Å². The van der Waals surface area contributed by atoms with Gasteiger partial charge in [0.15, 0.2) is 0 Å². The molecule has 1 fully saturated rings. The van der Waals surface area contributed by atoms with Crippen LogP contribution in [0.2, 0.25) is 0 Å². The van der Waals surface area contributed by atoms with Crippen molar-refractivity contribution in [3.8, 4) is 0 Å². The first-order valence-electron chi connectivity index (χ1n) is 7.26. The zero-order chi connectivity index (χ0) is 15.5. The Labute approximate surface area is 124 Å². The molecule has 1 aromatic carbocycles. The predicted octanol–water partition coefficient (Wildman–Crippen LogP) is 1.56. The van der Waals surface area contributed by atoms with Crippen LogP contribution in [0.4, 0.5) is 5.69 Å². The molecule has 1 atom stereocenters. The number of nitrogens with one attached hydrogen (secondary N) is 1. The van der Waals surface area contributed by atoms with Crippen LogP contribution in [-0.4, -0.2) is 47.7 Å². The SMILES string of the molecule is CC(C)(CO)[C@@H](c1cccc([N+](=O)[O-])c1)N1CCNCC1. The van der Waals surface area contributed by atoms with Crippen molar-refractivity contribution < 1.29 is 10.0 Å². The van der Waals surface area contributed by atoms with E-state index in [1.54, 1.807) is 12.1 Å². The Kier molecular flexibility index (Phi) is 4.92. The van der Waals surface area contributed by atoms with E-state index in [2.05, 4.69) is 10.2 Å². The van der Waals surface area contributed by atoms with Gasteiger partial charge in [0, 0.05) is 56.4 Å². The Hall–Kier alpha value is -1.50. The molecule has 2 rings (SSSR count). The molecule has 21 heavy (non-hydrogen) atoms. The number of hydrogen-bond acceptors (Lipinski definition) is 5. The van der Waals surface area contributed by atoms with Crippen LogP contribution < -0.4 is 5.32 Å². The number of hydrogen-bond donors (Lipinski definition) is 2. The summed E-state index contributed by atoms with van der Waals surface area (Å²) in [6.07, 6.45) is 0. The molecule has 6 nitrogen and oxygen atoms in total. The number of piperazine rings is 1.